The van der Waals surface area contributed by atoms with Crippen molar-refractivity contribution in [2.75, 3.05) is 33.3 Å². The van der Waals surface area contributed by atoms with Crippen molar-refractivity contribution in [3.8, 4) is 23.1 Å². The van der Waals surface area contributed by atoms with Crippen LogP contribution in [0.2, 0.25) is 0 Å². The largest absolute Gasteiger partial charge is 0.480 e. The van der Waals surface area contributed by atoms with Gasteiger partial charge in [-0.2, -0.15) is 5.10 Å². The highest BCUT2D eigenvalue weighted by Crippen LogP contribution is 2.23. The normalized spacial score (nSPS) is 13.9. The molecule has 3 aromatic heterocycles. The summed E-state index contributed by atoms with van der Waals surface area (Å²) in [6.45, 7) is 1.14. The summed E-state index contributed by atoms with van der Waals surface area (Å²) in [6, 6.07) is 10.4. The molecule has 11 nitrogen and oxygen atoms in total. The Labute approximate surface area is 171 Å². The molecule has 0 aliphatic carbocycles. The van der Waals surface area contributed by atoms with Crippen LogP contribution in [-0.2, 0) is 0 Å². The van der Waals surface area contributed by atoms with Crippen LogP contribution in [0.5, 0.6) is 5.88 Å². The lowest BCUT2D eigenvalue weighted by Gasteiger charge is -2.32. The fraction of sp³-hybridized carbons (Fsp3) is 0.263. The highest BCUT2D eigenvalue weighted by molar-refractivity contribution is 5.93. The number of methoxy groups -OCH3 is 1. The predicted molar refractivity (Wildman–Crippen MR) is 104 cm³/mol. The molecule has 1 N–H and O–H groups in total. The van der Waals surface area contributed by atoms with E-state index >= 15 is 0 Å². The average molecular weight is 409 g/mol. The standard InChI is InChI=1S/C19H19N7O4/c1-30-17-6-5-16(21-22-17)26-15(13-4-2-3-7-20-13)12-14(23-26)18(27)24-8-10-25(11-9-24)19(28)29/h2-7,12H,8-11H2,1H3,(H,28,29). The lowest BCUT2D eigenvalue weighted by Crippen LogP contribution is -2.50. The van der Waals surface area contributed by atoms with E-state index in [0.717, 1.165) is 0 Å². The second kappa shape index (κ2) is 8.15. The number of piperazine rings is 1. The van der Waals surface area contributed by atoms with E-state index in [1.165, 1.54) is 16.7 Å². The van der Waals surface area contributed by atoms with Crippen molar-refractivity contribution in [1.29, 1.82) is 0 Å². The van der Waals surface area contributed by atoms with Gasteiger partial charge in [0.25, 0.3) is 5.91 Å². The van der Waals surface area contributed by atoms with Crippen LogP contribution >= 0.6 is 0 Å². The van der Waals surface area contributed by atoms with Gasteiger partial charge in [-0.1, -0.05) is 6.07 Å². The quantitative estimate of drug-likeness (QED) is 0.680. The molecule has 0 spiro atoms. The lowest BCUT2D eigenvalue weighted by molar-refractivity contribution is 0.0619. The average Bonchev–Trinajstić information content (AvgIpc) is 3.25. The number of carbonyl (C=O) groups is 2. The van der Waals surface area contributed by atoms with E-state index in [2.05, 4.69) is 20.3 Å². The Kier molecular flexibility index (Phi) is 5.24. The van der Waals surface area contributed by atoms with Crippen LogP contribution < -0.4 is 4.74 Å². The van der Waals surface area contributed by atoms with Crippen LogP contribution in [-0.4, -0.2) is 85.2 Å². The lowest BCUT2D eigenvalue weighted by atomic mass is 10.2. The van der Waals surface area contributed by atoms with Crippen LogP contribution in [0.15, 0.2) is 42.6 Å². The molecular formula is C19H19N7O4. The molecule has 11 heteroatoms. The van der Waals surface area contributed by atoms with Gasteiger partial charge >= 0.3 is 6.09 Å². The molecule has 1 aliphatic rings. The van der Waals surface area contributed by atoms with Crippen molar-refractivity contribution in [2.45, 2.75) is 0 Å². The summed E-state index contributed by atoms with van der Waals surface area (Å²) in [4.78, 5) is 31.3. The Morgan fingerprint density at radius 3 is 2.40 bits per heavy atom. The highest BCUT2D eigenvalue weighted by Gasteiger charge is 2.27. The summed E-state index contributed by atoms with van der Waals surface area (Å²) in [6.07, 6.45) is 0.667. The molecular weight excluding hydrogens is 390 g/mol. The molecule has 4 rings (SSSR count). The van der Waals surface area contributed by atoms with Crippen LogP contribution in [0.25, 0.3) is 17.2 Å². The number of carboxylic acid groups (broad SMARTS) is 1. The van der Waals surface area contributed by atoms with Gasteiger partial charge < -0.3 is 19.6 Å². The molecule has 0 aromatic carbocycles. The molecule has 4 heterocycles. The maximum Gasteiger partial charge on any atom is 0.407 e. The van der Waals surface area contributed by atoms with E-state index in [0.29, 0.717) is 36.2 Å². The third-order valence-electron chi connectivity index (χ3n) is 4.75. The summed E-state index contributed by atoms with van der Waals surface area (Å²) < 4.78 is 6.56. The van der Waals surface area contributed by atoms with Crippen LogP contribution in [0.1, 0.15) is 10.5 Å². The predicted octanol–water partition coefficient (Wildman–Crippen LogP) is 1.17. The fourth-order valence-electron chi connectivity index (χ4n) is 3.15. The molecule has 3 aromatic rings. The topological polar surface area (TPSA) is 127 Å². The summed E-state index contributed by atoms with van der Waals surface area (Å²) in [5.74, 6) is 0.488. The van der Waals surface area contributed by atoms with Gasteiger partial charge in [0.05, 0.1) is 18.5 Å². The van der Waals surface area contributed by atoms with Gasteiger partial charge in [-0.25, -0.2) is 9.48 Å². The van der Waals surface area contributed by atoms with E-state index in [9.17, 15) is 9.59 Å². The SMILES string of the molecule is COc1ccc(-n2nc(C(=O)N3CCN(C(=O)O)CC3)cc2-c2ccccn2)nn1. The number of hydrogen-bond donors (Lipinski definition) is 1. The Balaban J connectivity index is 1.67. The zero-order valence-corrected chi connectivity index (χ0v) is 16.2. The van der Waals surface area contributed by atoms with Crippen molar-refractivity contribution in [2.24, 2.45) is 0 Å². The number of carbonyl (C=O) groups excluding carboxylic acids is 1. The second-order valence-corrected chi connectivity index (χ2v) is 6.54. The van der Waals surface area contributed by atoms with Gasteiger partial charge in [-0.05, 0) is 24.3 Å². The number of nitrogens with zero attached hydrogens (tertiary/aromatic N) is 7. The zero-order chi connectivity index (χ0) is 21.1. The number of amides is 2. The number of rotatable bonds is 4. The first-order valence-corrected chi connectivity index (χ1v) is 9.23. The molecule has 1 saturated heterocycles. The molecule has 30 heavy (non-hydrogen) atoms. The maximum absolute atomic E-state index is 13.0. The van der Waals surface area contributed by atoms with Gasteiger partial charge in [0.2, 0.25) is 5.88 Å². The number of hydrogen-bond acceptors (Lipinski definition) is 7. The first-order chi connectivity index (χ1) is 14.6. The molecule has 0 unspecified atom stereocenters. The molecule has 0 bridgehead atoms. The fourth-order valence-corrected chi connectivity index (χ4v) is 3.15. The first kappa shape index (κ1) is 19.3. The van der Waals surface area contributed by atoms with Gasteiger partial charge in [0, 0.05) is 38.4 Å². The molecule has 0 saturated carbocycles. The highest BCUT2D eigenvalue weighted by atomic mass is 16.5. The van der Waals surface area contributed by atoms with Crippen molar-refractivity contribution in [3.05, 3.63) is 48.3 Å². The molecule has 0 radical (unpaired) electrons. The van der Waals surface area contributed by atoms with E-state index < -0.39 is 6.09 Å². The number of aromatic nitrogens is 5. The van der Waals surface area contributed by atoms with Crippen molar-refractivity contribution in [3.63, 3.8) is 0 Å². The number of ether oxygens (including phenoxy) is 1. The van der Waals surface area contributed by atoms with Crippen molar-refractivity contribution in [1.82, 2.24) is 34.8 Å². The first-order valence-electron chi connectivity index (χ1n) is 9.23. The van der Waals surface area contributed by atoms with Crippen molar-refractivity contribution < 1.29 is 19.4 Å². The van der Waals surface area contributed by atoms with Crippen molar-refractivity contribution >= 4 is 12.0 Å². The molecule has 2 amide bonds. The summed E-state index contributed by atoms with van der Waals surface area (Å²) >= 11 is 0. The van der Waals surface area contributed by atoms with E-state index in [1.807, 2.05) is 12.1 Å². The summed E-state index contributed by atoms with van der Waals surface area (Å²) in [5.41, 5.74) is 1.43. The smallest absolute Gasteiger partial charge is 0.407 e. The molecule has 1 aliphatic heterocycles. The van der Waals surface area contributed by atoms with Gasteiger partial charge in [-0.3, -0.25) is 9.78 Å². The molecule has 0 atom stereocenters. The summed E-state index contributed by atoms with van der Waals surface area (Å²) in [7, 11) is 1.50. The molecule has 1 fully saturated rings. The Morgan fingerprint density at radius 2 is 1.80 bits per heavy atom. The molecule has 154 valence electrons. The minimum atomic E-state index is -0.984. The van der Waals surface area contributed by atoms with E-state index in [-0.39, 0.29) is 24.7 Å². The van der Waals surface area contributed by atoms with Crippen LogP contribution in [0.3, 0.4) is 0 Å². The summed E-state index contributed by atoms with van der Waals surface area (Å²) in [5, 5.41) is 21.6. The minimum absolute atomic E-state index is 0.219. The van der Waals surface area contributed by atoms with Gasteiger partial charge in [0.15, 0.2) is 11.5 Å². The van der Waals surface area contributed by atoms with Gasteiger partial charge in [-0.15, -0.1) is 10.2 Å². The monoisotopic (exact) mass is 409 g/mol. The third kappa shape index (κ3) is 3.77. The van der Waals surface area contributed by atoms with Crippen LogP contribution in [0, 0.1) is 0 Å². The zero-order valence-electron chi connectivity index (χ0n) is 16.2. The Hall–Kier alpha value is -4.02. The number of pyridine rings is 1. The second-order valence-electron chi connectivity index (χ2n) is 6.54. The van der Waals surface area contributed by atoms with E-state index in [1.54, 1.807) is 35.4 Å². The van der Waals surface area contributed by atoms with E-state index in [4.69, 9.17) is 9.84 Å². The maximum atomic E-state index is 13.0. The Morgan fingerprint density at radius 1 is 1.03 bits per heavy atom. The van der Waals surface area contributed by atoms with Gasteiger partial charge in [0.1, 0.15) is 0 Å². The Bertz CT molecular complexity index is 1040. The third-order valence-corrected chi connectivity index (χ3v) is 4.75. The minimum Gasteiger partial charge on any atom is -0.480 e. The van der Waals surface area contributed by atoms with Crippen LogP contribution in [0.4, 0.5) is 4.79 Å².